The number of rotatable bonds is 6. The molecule has 0 spiro atoms. The minimum absolute atomic E-state index is 0.120. The lowest BCUT2D eigenvalue weighted by molar-refractivity contribution is 0.194. The number of nitrogens with zero attached hydrogens (tertiary/aromatic N) is 6. The molecule has 0 amide bonds. The number of fused-ring (bicyclic) bond motifs is 2. The van der Waals surface area contributed by atoms with Gasteiger partial charge in [-0.2, -0.15) is 5.10 Å². The Balaban J connectivity index is 1.12. The summed E-state index contributed by atoms with van der Waals surface area (Å²) in [6, 6.07) is 10.1. The van der Waals surface area contributed by atoms with Crippen LogP contribution in [-0.2, 0) is 6.54 Å². The molecular weight excluding hydrogens is 540 g/mol. The summed E-state index contributed by atoms with van der Waals surface area (Å²) in [5.74, 6) is -0.864. The highest BCUT2D eigenvalue weighted by atomic mass is 32.2. The molecule has 1 aliphatic carbocycles. The van der Waals surface area contributed by atoms with Crippen molar-refractivity contribution < 1.29 is 8.78 Å². The smallest absolute Gasteiger partial charge is 0.130 e. The number of halogens is 2. The summed E-state index contributed by atoms with van der Waals surface area (Å²) in [5, 5.41) is 18.7. The molecule has 7 nitrogen and oxygen atoms in total. The van der Waals surface area contributed by atoms with E-state index in [0.29, 0.717) is 6.54 Å². The largest absolute Gasteiger partial charge is 0.298 e. The van der Waals surface area contributed by atoms with Gasteiger partial charge in [-0.15, -0.1) is 5.10 Å². The number of hydrogen-bond donors (Lipinski definition) is 1. The molecule has 2 aliphatic heterocycles. The van der Waals surface area contributed by atoms with Crippen LogP contribution in [0.2, 0.25) is 0 Å². The van der Waals surface area contributed by atoms with E-state index in [1.54, 1.807) is 16.4 Å². The van der Waals surface area contributed by atoms with E-state index in [2.05, 4.69) is 57.1 Å². The first-order chi connectivity index (χ1) is 19.9. The predicted octanol–water partition coefficient (Wildman–Crippen LogP) is 6.56. The topological polar surface area (TPSA) is 75.0 Å². The first-order valence-electron chi connectivity index (χ1n) is 13.8. The molecule has 2 atom stereocenters. The Hall–Kier alpha value is -3.89. The van der Waals surface area contributed by atoms with E-state index in [4.69, 9.17) is 4.99 Å². The van der Waals surface area contributed by atoms with Gasteiger partial charge in [-0.05, 0) is 80.8 Å². The number of aromatic nitrogens is 5. The van der Waals surface area contributed by atoms with E-state index in [1.807, 2.05) is 24.4 Å². The Bertz CT molecular complexity index is 1750. The second kappa shape index (κ2) is 10.2. The Morgan fingerprint density at radius 2 is 2.07 bits per heavy atom. The molecule has 1 unspecified atom stereocenters. The van der Waals surface area contributed by atoms with Gasteiger partial charge in [0.05, 0.1) is 39.4 Å². The molecule has 1 saturated heterocycles. The lowest BCUT2D eigenvalue weighted by Gasteiger charge is -2.31. The number of aliphatic imine (C=N–C) groups is 1. The van der Waals surface area contributed by atoms with Crippen LogP contribution in [0.25, 0.3) is 22.2 Å². The first-order valence-corrected chi connectivity index (χ1v) is 14.6. The zero-order chi connectivity index (χ0) is 28.1. The van der Waals surface area contributed by atoms with Crippen molar-refractivity contribution in [3.63, 3.8) is 0 Å². The fourth-order valence-corrected chi connectivity index (χ4v) is 7.03. The van der Waals surface area contributed by atoms with E-state index in [-0.39, 0.29) is 23.6 Å². The Labute approximate surface area is 240 Å². The normalized spacial score (nSPS) is 22.8. The van der Waals surface area contributed by atoms with Gasteiger partial charge in [0, 0.05) is 34.9 Å². The van der Waals surface area contributed by atoms with Crippen LogP contribution in [0.4, 0.5) is 8.78 Å². The fraction of sp³-hybridized carbons (Fsp3) is 0.290. The summed E-state index contributed by atoms with van der Waals surface area (Å²) in [5.41, 5.74) is 4.57. The number of benzene rings is 2. The SMILES string of the molecule is C=CC1=NC2(C)CC=C(c3n[nH]c4ccc(-n5cc([C@@H]6CCCN(Cc7c(F)cccc7F)C6)nn5)cc34)C=C2S1. The quantitative estimate of drug-likeness (QED) is 0.285. The highest BCUT2D eigenvalue weighted by molar-refractivity contribution is 8.18. The molecule has 1 fully saturated rings. The lowest BCUT2D eigenvalue weighted by atomic mass is 9.89. The van der Waals surface area contributed by atoms with Gasteiger partial charge >= 0.3 is 0 Å². The third kappa shape index (κ3) is 4.74. The molecule has 0 saturated carbocycles. The average molecular weight is 570 g/mol. The first kappa shape index (κ1) is 26.0. The Kier molecular flexibility index (Phi) is 6.47. The van der Waals surface area contributed by atoms with E-state index in [0.717, 1.165) is 64.4 Å². The van der Waals surface area contributed by atoms with Crippen molar-refractivity contribution in [1.82, 2.24) is 30.1 Å². The number of nitrogens with one attached hydrogen (secondary N) is 1. The molecule has 3 aliphatic rings. The van der Waals surface area contributed by atoms with Crippen molar-refractivity contribution in [2.45, 2.75) is 44.2 Å². The molecule has 0 bridgehead atoms. The van der Waals surface area contributed by atoms with Crippen molar-refractivity contribution in [3.8, 4) is 5.69 Å². The van der Waals surface area contributed by atoms with Crippen molar-refractivity contribution in [1.29, 1.82) is 0 Å². The number of H-pyrrole nitrogens is 1. The van der Waals surface area contributed by atoms with Crippen molar-refractivity contribution in [3.05, 3.63) is 101 Å². The van der Waals surface area contributed by atoms with Crippen LogP contribution in [0.5, 0.6) is 0 Å². The lowest BCUT2D eigenvalue weighted by Crippen LogP contribution is -2.34. The van der Waals surface area contributed by atoms with Crippen molar-refractivity contribution >= 4 is 33.3 Å². The van der Waals surface area contributed by atoms with Gasteiger partial charge in [-0.25, -0.2) is 13.5 Å². The van der Waals surface area contributed by atoms with E-state index >= 15 is 0 Å². The highest BCUT2D eigenvalue weighted by Gasteiger charge is 2.37. The minimum atomic E-state index is -0.502. The standard InChI is InChI=1S/C31H29F2N7S/c1-3-29-34-31(2)12-11-19(14-28(31)41-29)30-22-15-21(9-10-26(22)35-37-30)40-18-27(36-38-40)20-6-5-13-39(16-20)17-23-24(32)7-4-8-25(23)33/h3-4,7-11,14-15,18,20H,1,5-6,12-13,16-17H2,2H3,(H,35,37)/t20-,31?/m1/s1. The average Bonchev–Trinajstić information content (AvgIpc) is 3.71. The maximum absolute atomic E-state index is 14.2. The van der Waals surface area contributed by atoms with Crippen LogP contribution in [0.3, 0.4) is 0 Å². The maximum Gasteiger partial charge on any atom is 0.130 e. The van der Waals surface area contributed by atoms with Gasteiger partial charge < -0.3 is 0 Å². The second-order valence-electron chi connectivity index (χ2n) is 11.1. The number of hydrogen-bond acceptors (Lipinski definition) is 6. The second-order valence-corrected chi connectivity index (χ2v) is 12.1. The fourth-order valence-electron chi connectivity index (χ4n) is 5.94. The van der Waals surface area contributed by atoms with Gasteiger partial charge in [0.2, 0.25) is 0 Å². The van der Waals surface area contributed by atoms with E-state index < -0.39 is 11.6 Å². The van der Waals surface area contributed by atoms with Crippen LogP contribution in [0.15, 0.2) is 77.3 Å². The van der Waals surface area contributed by atoms with E-state index in [9.17, 15) is 8.78 Å². The maximum atomic E-state index is 14.2. The Morgan fingerprint density at radius 1 is 1.22 bits per heavy atom. The number of piperidine rings is 1. The van der Waals surface area contributed by atoms with Crippen molar-refractivity contribution in [2.75, 3.05) is 13.1 Å². The molecule has 4 aromatic rings. The van der Waals surface area contributed by atoms with Crippen molar-refractivity contribution in [2.24, 2.45) is 4.99 Å². The van der Waals surface area contributed by atoms with Gasteiger partial charge in [0.1, 0.15) is 11.6 Å². The molecule has 2 aromatic carbocycles. The number of aromatic amines is 1. The van der Waals surface area contributed by atoms with Crippen LogP contribution in [0.1, 0.15) is 49.1 Å². The predicted molar refractivity (Wildman–Crippen MR) is 159 cm³/mol. The van der Waals surface area contributed by atoms with Gasteiger partial charge in [0.15, 0.2) is 0 Å². The molecule has 7 rings (SSSR count). The molecule has 10 heteroatoms. The molecule has 1 N–H and O–H groups in total. The molecule has 2 aromatic heterocycles. The molecule has 208 valence electrons. The van der Waals surface area contributed by atoms with Gasteiger partial charge in [-0.1, -0.05) is 35.7 Å². The summed E-state index contributed by atoms with van der Waals surface area (Å²) >= 11 is 1.67. The summed E-state index contributed by atoms with van der Waals surface area (Å²) in [7, 11) is 0. The monoisotopic (exact) mass is 569 g/mol. The number of likely N-dealkylation sites (tertiary alicyclic amines) is 1. The van der Waals surface area contributed by atoms with Gasteiger partial charge in [-0.3, -0.25) is 15.0 Å². The van der Waals surface area contributed by atoms with Gasteiger partial charge in [0.25, 0.3) is 0 Å². The molecule has 4 heterocycles. The van der Waals surface area contributed by atoms with Crippen LogP contribution in [0, 0.1) is 11.6 Å². The molecular formula is C31H29F2N7S. The third-order valence-corrected chi connectivity index (χ3v) is 9.49. The van der Waals surface area contributed by atoms with Crippen LogP contribution < -0.4 is 0 Å². The minimum Gasteiger partial charge on any atom is -0.298 e. The third-order valence-electron chi connectivity index (χ3n) is 8.25. The zero-order valence-electron chi connectivity index (χ0n) is 22.6. The van der Waals surface area contributed by atoms with Crippen LogP contribution in [-0.4, -0.2) is 53.8 Å². The summed E-state index contributed by atoms with van der Waals surface area (Å²) in [4.78, 5) is 8.14. The van der Waals surface area contributed by atoms with Crippen LogP contribution >= 0.6 is 11.8 Å². The summed E-state index contributed by atoms with van der Waals surface area (Å²) in [6.07, 6.45) is 10.9. The number of allylic oxidation sites excluding steroid dienone is 2. The summed E-state index contributed by atoms with van der Waals surface area (Å²) < 4.78 is 30.3. The number of thioether (sulfide) groups is 1. The summed E-state index contributed by atoms with van der Waals surface area (Å²) in [6.45, 7) is 7.75. The highest BCUT2D eigenvalue weighted by Crippen LogP contribution is 2.47. The Morgan fingerprint density at radius 3 is 2.90 bits per heavy atom. The molecule has 41 heavy (non-hydrogen) atoms. The molecule has 0 radical (unpaired) electrons. The zero-order valence-corrected chi connectivity index (χ0v) is 23.5. The van der Waals surface area contributed by atoms with E-state index in [1.165, 1.54) is 23.1 Å².